The first-order chi connectivity index (χ1) is 7.54. The molecule has 0 aromatic heterocycles. The first-order valence-corrected chi connectivity index (χ1v) is 5.17. The van der Waals surface area contributed by atoms with Gasteiger partial charge < -0.3 is 15.6 Å². The quantitative estimate of drug-likeness (QED) is 0.821. The van der Waals surface area contributed by atoms with Gasteiger partial charge in [-0.2, -0.15) is 0 Å². The Labute approximate surface area is 99.0 Å². The first kappa shape index (κ1) is 13.0. The minimum atomic E-state index is -1.02. The van der Waals surface area contributed by atoms with Crippen molar-refractivity contribution in [3.63, 3.8) is 0 Å². The molecule has 0 radical (unpaired) electrons. The average molecular weight is 244 g/mol. The van der Waals surface area contributed by atoms with Crippen LogP contribution in [0.1, 0.15) is 11.1 Å². The number of rotatable bonds is 5. The van der Waals surface area contributed by atoms with Crippen LogP contribution in [0.4, 0.5) is 0 Å². The molecule has 0 aliphatic heterocycles. The second kappa shape index (κ2) is 5.84. The van der Waals surface area contributed by atoms with Crippen molar-refractivity contribution >= 4 is 17.6 Å². The van der Waals surface area contributed by atoms with Crippen LogP contribution in [-0.2, 0) is 22.6 Å². The molecule has 0 saturated carbocycles. The zero-order valence-electron chi connectivity index (χ0n) is 8.94. The second-order valence-corrected chi connectivity index (χ2v) is 3.93. The lowest BCUT2D eigenvalue weighted by molar-refractivity contribution is -0.138. The summed E-state index contributed by atoms with van der Waals surface area (Å²) in [6.07, 6.45) is 0.269. The molecule has 1 atom stereocenters. The Morgan fingerprint density at radius 3 is 2.81 bits per heavy atom. The van der Waals surface area contributed by atoms with Gasteiger partial charge in [0.05, 0.1) is 6.61 Å². The van der Waals surface area contributed by atoms with Crippen molar-refractivity contribution in [1.29, 1.82) is 0 Å². The fourth-order valence-electron chi connectivity index (χ4n) is 1.41. The summed E-state index contributed by atoms with van der Waals surface area (Å²) in [5.41, 5.74) is 7.19. The van der Waals surface area contributed by atoms with Crippen LogP contribution in [-0.4, -0.2) is 24.2 Å². The van der Waals surface area contributed by atoms with Crippen LogP contribution in [0.15, 0.2) is 18.2 Å². The van der Waals surface area contributed by atoms with Gasteiger partial charge in [-0.05, 0) is 29.7 Å². The van der Waals surface area contributed by atoms with Crippen molar-refractivity contribution in [2.45, 2.75) is 19.1 Å². The topological polar surface area (TPSA) is 72.5 Å². The summed E-state index contributed by atoms with van der Waals surface area (Å²) < 4.78 is 5.02. The molecule has 0 saturated heterocycles. The molecule has 0 spiro atoms. The summed E-state index contributed by atoms with van der Waals surface area (Å²) in [7, 11) is 1.57. The standard InChI is InChI=1S/C11H14ClNO3/c1-16-6-8-4-9(12)3-2-7(8)5-10(13)11(14)15/h2-4,10H,5-6,13H2,1H3,(H,14,15). The number of hydrogen-bond donors (Lipinski definition) is 2. The second-order valence-electron chi connectivity index (χ2n) is 3.49. The van der Waals surface area contributed by atoms with Gasteiger partial charge in [0.15, 0.2) is 0 Å². The Balaban J connectivity index is 2.89. The molecule has 0 heterocycles. The molecule has 1 aromatic rings. The molecule has 1 rings (SSSR count). The molecule has 0 aliphatic rings. The minimum absolute atomic E-state index is 0.269. The maximum absolute atomic E-state index is 10.7. The summed E-state index contributed by atoms with van der Waals surface area (Å²) in [4.78, 5) is 10.7. The number of carbonyl (C=O) groups is 1. The van der Waals surface area contributed by atoms with E-state index in [1.165, 1.54) is 0 Å². The molecule has 1 unspecified atom stereocenters. The van der Waals surface area contributed by atoms with Crippen LogP contribution < -0.4 is 5.73 Å². The SMILES string of the molecule is COCc1cc(Cl)ccc1CC(N)C(=O)O. The summed E-state index contributed by atoms with van der Waals surface area (Å²) in [6.45, 7) is 0.391. The van der Waals surface area contributed by atoms with Crippen LogP contribution in [0.3, 0.4) is 0 Å². The van der Waals surface area contributed by atoms with E-state index in [9.17, 15) is 4.79 Å². The molecule has 0 aliphatic carbocycles. The molecular formula is C11H14ClNO3. The Morgan fingerprint density at radius 2 is 2.25 bits per heavy atom. The molecule has 0 bridgehead atoms. The number of nitrogens with two attached hydrogens (primary N) is 1. The van der Waals surface area contributed by atoms with E-state index in [4.69, 9.17) is 27.2 Å². The summed E-state index contributed by atoms with van der Waals surface area (Å²) in [6, 6.07) is 4.34. The van der Waals surface area contributed by atoms with Gasteiger partial charge in [-0.1, -0.05) is 17.7 Å². The number of carboxylic acid groups (broad SMARTS) is 1. The third kappa shape index (κ3) is 3.48. The molecule has 0 fully saturated rings. The lowest BCUT2D eigenvalue weighted by atomic mass is 10.0. The zero-order chi connectivity index (χ0) is 12.1. The summed E-state index contributed by atoms with van der Waals surface area (Å²) >= 11 is 5.85. The Morgan fingerprint density at radius 1 is 1.56 bits per heavy atom. The highest BCUT2D eigenvalue weighted by Crippen LogP contribution is 2.18. The molecule has 16 heavy (non-hydrogen) atoms. The van der Waals surface area contributed by atoms with Gasteiger partial charge in [0.2, 0.25) is 0 Å². The van der Waals surface area contributed by atoms with Crippen LogP contribution >= 0.6 is 11.6 Å². The van der Waals surface area contributed by atoms with Crippen molar-refractivity contribution in [2.24, 2.45) is 5.73 Å². The number of ether oxygens (including phenoxy) is 1. The van der Waals surface area contributed by atoms with Gasteiger partial charge in [-0.3, -0.25) is 4.79 Å². The van der Waals surface area contributed by atoms with Gasteiger partial charge in [-0.15, -0.1) is 0 Å². The maximum Gasteiger partial charge on any atom is 0.320 e. The predicted molar refractivity (Wildman–Crippen MR) is 61.5 cm³/mol. The third-order valence-electron chi connectivity index (χ3n) is 2.23. The number of aliphatic carboxylic acids is 1. The van der Waals surface area contributed by atoms with Crippen LogP contribution in [0.25, 0.3) is 0 Å². The molecule has 3 N–H and O–H groups in total. The number of hydrogen-bond acceptors (Lipinski definition) is 3. The highest BCUT2D eigenvalue weighted by molar-refractivity contribution is 6.30. The number of methoxy groups -OCH3 is 1. The van der Waals surface area contributed by atoms with Crippen molar-refractivity contribution in [3.8, 4) is 0 Å². The fourth-order valence-corrected chi connectivity index (χ4v) is 1.60. The van der Waals surface area contributed by atoms with Gasteiger partial charge >= 0.3 is 5.97 Å². The lowest BCUT2D eigenvalue weighted by Crippen LogP contribution is -2.32. The number of carboxylic acids is 1. The molecule has 1 aromatic carbocycles. The minimum Gasteiger partial charge on any atom is -0.480 e. The predicted octanol–water partition coefficient (Wildman–Crippen LogP) is 1.44. The fraction of sp³-hybridized carbons (Fsp3) is 0.364. The van der Waals surface area contributed by atoms with Gasteiger partial charge in [0.25, 0.3) is 0 Å². The van der Waals surface area contributed by atoms with Crippen LogP contribution in [0.2, 0.25) is 5.02 Å². The Hall–Kier alpha value is -1.10. The van der Waals surface area contributed by atoms with Gasteiger partial charge in [0.1, 0.15) is 6.04 Å². The normalized spacial score (nSPS) is 12.4. The van der Waals surface area contributed by atoms with Crippen molar-refractivity contribution in [1.82, 2.24) is 0 Å². The van der Waals surface area contributed by atoms with Crippen molar-refractivity contribution in [2.75, 3.05) is 7.11 Å². The number of benzene rings is 1. The van der Waals surface area contributed by atoms with Crippen LogP contribution in [0, 0.1) is 0 Å². The average Bonchev–Trinajstić information content (AvgIpc) is 2.22. The highest BCUT2D eigenvalue weighted by Gasteiger charge is 2.14. The van der Waals surface area contributed by atoms with Crippen LogP contribution in [0.5, 0.6) is 0 Å². The summed E-state index contributed by atoms with van der Waals surface area (Å²) in [5.74, 6) is -1.02. The maximum atomic E-state index is 10.7. The van der Waals surface area contributed by atoms with E-state index < -0.39 is 12.0 Å². The zero-order valence-corrected chi connectivity index (χ0v) is 9.70. The lowest BCUT2D eigenvalue weighted by Gasteiger charge is -2.11. The summed E-state index contributed by atoms with van der Waals surface area (Å²) in [5, 5.41) is 9.33. The van der Waals surface area contributed by atoms with E-state index >= 15 is 0 Å². The van der Waals surface area contributed by atoms with E-state index in [1.54, 1.807) is 25.3 Å². The Bertz CT molecular complexity index is 381. The third-order valence-corrected chi connectivity index (χ3v) is 2.46. The molecule has 4 nitrogen and oxygen atoms in total. The van der Waals surface area contributed by atoms with E-state index in [1.807, 2.05) is 0 Å². The van der Waals surface area contributed by atoms with Crippen molar-refractivity contribution in [3.05, 3.63) is 34.3 Å². The van der Waals surface area contributed by atoms with E-state index in [2.05, 4.69) is 0 Å². The molecule has 5 heteroatoms. The molecule has 0 amide bonds. The smallest absolute Gasteiger partial charge is 0.320 e. The first-order valence-electron chi connectivity index (χ1n) is 4.79. The van der Waals surface area contributed by atoms with E-state index in [0.29, 0.717) is 11.6 Å². The van der Waals surface area contributed by atoms with E-state index in [-0.39, 0.29) is 6.42 Å². The van der Waals surface area contributed by atoms with Crippen molar-refractivity contribution < 1.29 is 14.6 Å². The molecule has 88 valence electrons. The molecular weight excluding hydrogens is 230 g/mol. The Kier molecular flexibility index (Phi) is 4.73. The van der Waals surface area contributed by atoms with Gasteiger partial charge in [-0.25, -0.2) is 0 Å². The number of halogens is 1. The van der Waals surface area contributed by atoms with E-state index in [0.717, 1.165) is 11.1 Å². The highest BCUT2D eigenvalue weighted by atomic mass is 35.5. The largest absolute Gasteiger partial charge is 0.480 e. The van der Waals surface area contributed by atoms with Gasteiger partial charge in [0, 0.05) is 12.1 Å². The monoisotopic (exact) mass is 243 g/mol.